The van der Waals surface area contributed by atoms with Crippen LogP contribution in [0.4, 0.5) is 0 Å². The van der Waals surface area contributed by atoms with E-state index in [9.17, 15) is 10.1 Å². The van der Waals surface area contributed by atoms with E-state index in [0.717, 1.165) is 4.91 Å². The van der Waals surface area contributed by atoms with E-state index in [2.05, 4.69) is 6.58 Å². The third-order valence-corrected chi connectivity index (χ3v) is 2.12. The van der Waals surface area contributed by atoms with Gasteiger partial charge >= 0.3 is 0 Å². The highest BCUT2D eigenvalue weighted by molar-refractivity contribution is 8.02. The van der Waals surface area contributed by atoms with Crippen molar-refractivity contribution >= 4 is 11.8 Å². The molecule has 11 heavy (non-hydrogen) atoms. The summed E-state index contributed by atoms with van der Waals surface area (Å²) in [4.78, 5) is 10.8. The van der Waals surface area contributed by atoms with E-state index in [1.54, 1.807) is 6.92 Å². The lowest BCUT2D eigenvalue weighted by Crippen LogP contribution is -1.99. The molecule has 0 atom stereocenters. The van der Waals surface area contributed by atoms with Gasteiger partial charge in [-0.1, -0.05) is 6.08 Å². The Kier molecular flexibility index (Phi) is 4.61. The summed E-state index contributed by atoms with van der Waals surface area (Å²) in [6, 6.07) is 0. The number of hydrogen-bond acceptors (Lipinski definition) is 3. The van der Waals surface area contributed by atoms with E-state index in [4.69, 9.17) is 0 Å². The summed E-state index contributed by atoms with van der Waals surface area (Å²) in [6.07, 6.45) is 3.69. The lowest BCUT2D eigenvalue weighted by molar-refractivity contribution is -0.427. The van der Waals surface area contributed by atoms with Gasteiger partial charge in [0.2, 0.25) is 0 Å². The van der Waals surface area contributed by atoms with Gasteiger partial charge in [0.05, 0.1) is 16.2 Å². The van der Waals surface area contributed by atoms with Crippen LogP contribution in [0.25, 0.3) is 0 Å². The molecule has 62 valence electrons. The third kappa shape index (κ3) is 3.23. The van der Waals surface area contributed by atoms with Gasteiger partial charge < -0.3 is 0 Å². The van der Waals surface area contributed by atoms with Crippen molar-refractivity contribution in [3.63, 3.8) is 0 Å². The van der Waals surface area contributed by atoms with Crippen LogP contribution in [0, 0.1) is 10.1 Å². The second-order valence-corrected chi connectivity index (χ2v) is 2.98. The van der Waals surface area contributed by atoms with Crippen LogP contribution in [0.2, 0.25) is 0 Å². The second-order valence-electron chi connectivity index (χ2n) is 1.96. The molecule has 0 unspecified atom stereocenters. The van der Waals surface area contributed by atoms with Crippen LogP contribution in [-0.4, -0.2) is 11.2 Å². The molecule has 0 aromatic rings. The van der Waals surface area contributed by atoms with Crippen LogP contribution >= 0.6 is 11.8 Å². The molecular formula is C7H11NO2S. The Morgan fingerprint density at radius 2 is 2.36 bits per heavy atom. The smallest absolute Gasteiger partial charge is 0.259 e. The maximum atomic E-state index is 10.4. The molecule has 0 saturated heterocycles. The normalized spacial score (nSPS) is 12.2. The van der Waals surface area contributed by atoms with E-state index in [1.807, 2.05) is 6.26 Å². The molecule has 0 amide bonds. The average Bonchev–Trinajstić information content (AvgIpc) is 1.98. The summed E-state index contributed by atoms with van der Waals surface area (Å²) >= 11 is 1.39. The Hall–Kier alpha value is -0.770. The van der Waals surface area contributed by atoms with E-state index in [-0.39, 0.29) is 10.6 Å². The summed E-state index contributed by atoms with van der Waals surface area (Å²) in [5.41, 5.74) is 0.243. The lowest BCUT2D eigenvalue weighted by Gasteiger charge is -1.97. The van der Waals surface area contributed by atoms with Gasteiger partial charge in [0.25, 0.3) is 5.70 Å². The van der Waals surface area contributed by atoms with Gasteiger partial charge in [0, 0.05) is 0 Å². The molecule has 0 aliphatic carbocycles. The number of thioether (sulfide) groups is 1. The largest absolute Gasteiger partial charge is 0.259 e. The zero-order chi connectivity index (χ0) is 8.85. The molecule has 0 N–H and O–H groups in total. The molecule has 0 fully saturated rings. The van der Waals surface area contributed by atoms with Crippen LogP contribution in [0.15, 0.2) is 23.3 Å². The highest BCUT2D eigenvalue weighted by Gasteiger charge is 2.11. The Labute approximate surface area is 70.3 Å². The second kappa shape index (κ2) is 4.96. The Morgan fingerprint density at radius 3 is 2.64 bits per heavy atom. The predicted molar refractivity (Wildman–Crippen MR) is 48.0 cm³/mol. The van der Waals surface area contributed by atoms with Crippen molar-refractivity contribution in [3.8, 4) is 0 Å². The van der Waals surface area contributed by atoms with E-state index < -0.39 is 0 Å². The van der Waals surface area contributed by atoms with Crippen molar-refractivity contribution in [2.24, 2.45) is 0 Å². The molecule has 0 saturated carbocycles. The predicted octanol–water partition coefficient (Wildman–Crippen LogP) is 2.43. The number of rotatable bonds is 4. The minimum absolute atomic E-state index is 0.243. The molecule has 0 aromatic heterocycles. The molecule has 0 rings (SSSR count). The van der Waals surface area contributed by atoms with Gasteiger partial charge in [-0.2, -0.15) is 0 Å². The monoisotopic (exact) mass is 173 g/mol. The van der Waals surface area contributed by atoms with Crippen LogP contribution in [0.5, 0.6) is 0 Å². The number of allylic oxidation sites excluding steroid dienone is 2. The maximum Gasteiger partial charge on any atom is 0.259 e. The van der Waals surface area contributed by atoms with Crippen molar-refractivity contribution in [2.75, 3.05) is 6.26 Å². The molecular weight excluding hydrogens is 162 g/mol. The van der Waals surface area contributed by atoms with Gasteiger partial charge in [-0.15, -0.1) is 18.3 Å². The summed E-state index contributed by atoms with van der Waals surface area (Å²) in [7, 11) is 0. The fourth-order valence-corrected chi connectivity index (χ4v) is 0.995. The molecule has 0 heterocycles. The maximum absolute atomic E-state index is 10.4. The van der Waals surface area contributed by atoms with Crippen LogP contribution in [0.1, 0.15) is 13.3 Å². The van der Waals surface area contributed by atoms with Crippen LogP contribution in [0.3, 0.4) is 0 Å². The van der Waals surface area contributed by atoms with Crippen LogP contribution in [-0.2, 0) is 0 Å². The Morgan fingerprint density at radius 1 is 1.82 bits per heavy atom. The van der Waals surface area contributed by atoms with Gasteiger partial charge in [0.1, 0.15) is 0 Å². The minimum atomic E-state index is -0.354. The molecule has 0 bridgehead atoms. The summed E-state index contributed by atoms with van der Waals surface area (Å²) < 4.78 is 0. The van der Waals surface area contributed by atoms with E-state index in [0.29, 0.717) is 6.42 Å². The number of hydrogen-bond donors (Lipinski definition) is 0. The van der Waals surface area contributed by atoms with Crippen molar-refractivity contribution < 1.29 is 4.92 Å². The quantitative estimate of drug-likeness (QED) is 0.372. The number of nitrogens with zero attached hydrogens (tertiary/aromatic N) is 1. The van der Waals surface area contributed by atoms with Gasteiger partial charge in [-0.3, -0.25) is 10.1 Å². The fraction of sp³-hybridized carbons (Fsp3) is 0.429. The first-order valence-electron chi connectivity index (χ1n) is 3.12. The van der Waals surface area contributed by atoms with Crippen molar-refractivity contribution in [1.29, 1.82) is 0 Å². The van der Waals surface area contributed by atoms with Crippen molar-refractivity contribution in [3.05, 3.63) is 33.4 Å². The van der Waals surface area contributed by atoms with Gasteiger partial charge in [0.15, 0.2) is 0 Å². The SMILES string of the molecule is C=CC/C(=C(/C)SC)[N+](=O)[O-]. The van der Waals surface area contributed by atoms with E-state index >= 15 is 0 Å². The van der Waals surface area contributed by atoms with E-state index in [1.165, 1.54) is 17.8 Å². The minimum Gasteiger partial charge on any atom is -0.259 e. The van der Waals surface area contributed by atoms with Crippen molar-refractivity contribution in [1.82, 2.24) is 0 Å². The highest BCUT2D eigenvalue weighted by Crippen LogP contribution is 2.18. The molecule has 0 spiro atoms. The molecule has 3 nitrogen and oxygen atoms in total. The van der Waals surface area contributed by atoms with Crippen LogP contribution < -0.4 is 0 Å². The molecule has 0 aliphatic heterocycles. The van der Waals surface area contributed by atoms with Crippen molar-refractivity contribution in [2.45, 2.75) is 13.3 Å². The third-order valence-electron chi connectivity index (χ3n) is 1.27. The Bertz CT molecular complexity index is 199. The summed E-state index contributed by atoms with van der Waals surface area (Å²) in [5, 5.41) is 10.4. The fourth-order valence-electron chi connectivity index (χ4n) is 0.601. The molecule has 0 aromatic carbocycles. The summed E-state index contributed by atoms with van der Waals surface area (Å²) in [6.45, 7) is 5.19. The standard InChI is InChI=1S/C7H11NO2S/c1-4-5-7(8(9)10)6(2)11-3/h4H,1,5H2,2-3H3/b7-6+. The topological polar surface area (TPSA) is 43.1 Å². The molecule has 0 radical (unpaired) electrons. The first-order valence-corrected chi connectivity index (χ1v) is 4.35. The first-order chi connectivity index (χ1) is 5.13. The lowest BCUT2D eigenvalue weighted by atomic mass is 10.3. The average molecular weight is 173 g/mol. The van der Waals surface area contributed by atoms with Gasteiger partial charge in [-0.05, 0) is 13.2 Å². The summed E-state index contributed by atoms with van der Waals surface area (Å²) in [5.74, 6) is 0. The number of nitro groups is 1. The zero-order valence-electron chi connectivity index (χ0n) is 6.66. The highest BCUT2D eigenvalue weighted by atomic mass is 32.2. The zero-order valence-corrected chi connectivity index (χ0v) is 7.48. The molecule has 4 heteroatoms. The Balaban J connectivity index is 4.56. The molecule has 0 aliphatic rings. The van der Waals surface area contributed by atoms with Gasteiger partial charge in [-0.25, -0.2) is 0 Å². The first kappa shape index (κ1) is 10.2.